The molecular formula is C17H22N2O3. The summed E-state index contributed by atoms with van der Waals surface area (Å²) in [6.45, 7) is 8.37. The highest BCUT2D eigenvalue weighted by atomic mass is 16.4. The number of ketones is 1. The molecule has 0 atom stereocenters. The Kier molecular flexibility index (Phi) is 4.35. The molecule has 0 aliphatic rings. The molecule has 2 rings (SSSR count). The summed E-state index contributed by atoms with van der Waals surface area (Å²) in [6, 6.07) is 5.50. The van der Waals surface area contributed by atoms with E-state index in [4.69, 9.17) is 5.11 Å². The number of carbonyl (C=O) groups excluding carboxylic acids is 1. The fourth-order valence-electron chi connectivity index (χ4n) is 2.54. The van der Waals surface area contributed by atoms with E-state index in [0.29, 0.717) is 18.5 Å². The van der Waals surface area contributed by atoms with Crippen LogP contribution in [-0.2, 0) is 16.8 Å². The van der Waals surface area contributed by atoms with Crippen molar-refractivity contribution in [3.63, 3.8) is 0 Å². The first-order valence-corrected chi connectivity index (χ1v) is 7.43. The third kappa shape index (κ3) is 3.35. The summed E-state index contributed by atoms with van der Waals surface area (Å²) >= 11 is 0. The van der Waals surface area contributed by atoms with Crippen LogP contribution in [0.5, 0.6) is 0 Å². The Morgan fingerprint density at radius 3 is 2.50 bits per heavy atom. The van der Waals surface area contributed by atoms with Crippen LogP contribution >= 0.6 is 0 Å². The van der Waals surface area contributed by atoms with Gasteiger partial charge in [-0.25, -0.2) is 4.98 Å². The van der Waals surface area contributed by atoms with Crippen LogP contribution in [0.2, 0.25) is 0 Å². The summed E-state index contributed by atoms with van der Waals surface area (Å²) in [5, 5.41) is 8.82. The van der Waals surface area contributed by atoms with E-state index in [1.54, 1.807) is 12.1 Å². The van der Waals surface area contributed by atoms with E-state index in [-0.39, 0.29) is 17.6 Å². The fraction of sp³-hybridized carbons (Fsp3) is 0.471. The summed E-state index contributed by atoms with van der Waals surface area (Å²) in [5.41, 5.74) is 2.22. The SMILES string of the molecule is CC(=O)c1ccc2c(c1)nc(C(C)(C)C)n2CCCC(=O)O. The number of carboxylic acids is 1. The highest BCUT2D eigenvalue weighted by molar-refractivity contribution is 5.97. The molecule has 1 heterocycles. The maximum atomic E-state index is 11.5. The average Bonchev–Trinajstić information content (AvgIpc) is 2.76. The first-order chi connectivity index (χ1) is 10.2. The van der Waals surface area contributed by atoms with Gasteiger partial charge in [0.05, 0.1) is 11.0 Å². The number of aliphatic carboxylic acids is 1. The molecule has 1 aromatic heterocycles. The van der Waals surface area contributed by atoms with Gasteiger partial charge in [0.1, 0.15) is 5.82 Å². The van der Waals surface area contributed by atoms with Crippen molar-refractivity contribution in [2.75, 3.05) is 0 Å². The summed E-state index contributed by atoms with van der Waals surface area (Å²) in [6.07, 6.45) is 0.688. The van der Waals surface area contributed by atoms with Gasteiger partial charge in [-0.05, 0) is 31.5 Å². The van der Waals surface area contributed by atoms with Gasteiger partial charge < -0.3 is 9.67 Å². The number of benzene rings is 1. The summed E-state index contributed by atoms with van der Waals surface area (Å²) in [5.74, 6) is 0.133. The van der Waals surface area contributed by atoms with Gasteiger partial charge >= 0.3 is 5.97 Å². The molecule has 0 bridgehead atoms. The number of hydrogen-bond donors (Lipinski definition) is 1. The Balaban J connectivity index is 2.49. The van der Waals surface area contributed by atoms with E-state index < -0.39 is 5.97 Å². The van der Waals surface area contributed by atoms with Crippen LogP contribution in [-0.4, -0.2) is 26.4 Å². The van der Waals surface area contributed by atoms with Crippen LogP contribution in [0.25, 0.3) is 11.0 Å². The molecule has 0 radical (unpaired) electrons. The van der Waals surface area contributed by atoms with Crippen molar-refractivity contribution in [3.8, 4) is 0 Å². The van der Waals surface area contributed by atoms with Gasteiger partial charge in [0.2, 0.25) is 0 Å². The molecular weight excluding hydrogens is 280 g/mol. The molecule has 2 aromatic rings. The number of aryl methyl sites for hydroxylation is 1. The van der Waals surface area contributed by atoms with Crippen LogP contribution in [0.4, 0.5) is 0 Å². The summed E-state index contributed by atoms with van der Waals surface area (Å²) < 4.78 is 2.07. The molecule has 0 unspecified atom stereocenters. The molecule has 0 saturated carbocycles. The Labute approximate surface area is 130 Å². The number of carbonyl (C=O) groups is 2. The molecule has 22 heavy (non-hydrogen) atoms. The first-order valence-electron chi connectivity index (χ1n) is 7.43. The molecule has 0 saturated heterocycles. The number of nitrogens with zero attached hydrogens (tertiary/aromatic N) is 2. The van der Waals surface area contributed by atoms with E-state index >= 15 is 0 Å². The Bertz CT molecular complexity index is 723. The number of imidazole rings is 1. The van der Waals surface area contributed by atoms with E-state index in [9.17, 15) is 9.59 Å². The van der Waals surface area contributed by atoms with Crippen LogP contribution in [0, 0.1) is 0 Å². The highest BCUT2D eigenvalue weighted by Crippen LogP contribution is 2.27. The van der Waals surface area contributed by atoms with Crippen molar-refractivity contribution < 1.29 is 14.7 Å². The van der Waals surface area contributed by atoms with Crippen molar-refractivity contribution in [1.29, 1.82) is 0 Å². The van der Waals surface area contributed by atoms with E-state index in [1.807, 2.05) is 6.07 Å². The van der Waals surface area contributed by atoms with Crippen molar-refractivity contribution in [1.82, 2.24) is 9.55 Å². The van der Waals surface area contributed by atoms with E-state index in [2.05, 4.69) is 30.3 Å². The Morgan fingerprint density at radius 1 is 1.27 bits per heavy atom. The summed E-state index contributed by atoms with van der Waals surface area (Å²) in [4.78, 5) is 26.9. The molecule has 5 heteroatoms. The van der Waals surface area contributed by atoms with Gasteiger partial charge in [0.15, 0.2) is 5.78 Å². The number of fused-ring (bicyclic) bond motifs is 1. The van der Waals surface area contributed by atoms with Crippen molar-refractivity contribution >= 4 is 22.8 Å². The Hall–Kier alpha value is -2.17. The average molecular weight is 302 g/mol. The number of carboxylic acid groups (broad SMARTS) is 1. The molecule has 118 valence electrons. The second kappa shape index (κ2) is 5.91. The van der Waals surface area contributed by atoms with Crippen molar-refractivity contribution in [3.05, 3.63) is 29.6 Å². The zero-order chi connectivity index (χ0) is 16.5. The lowest BCUT2D eigenvalue weighted by atomic mass is 9.95. The lowest BCUT2D eigenvalue weighted by molar-refractivity contribution is -0.137. The third-order valence-electron chi connectivity index (χ3n) is 3.60. The molecule has 0 aliphatic heterocycles. The first kappa shape index (κ1) is 16.2. The minimum Gasteiger partial charge on any atom is -0.481 e. The lowest BCUT2D eigenvalue weighted by Crippen LogP contribution is -2.19. The number of Topliss-reactive ketones (excluding diaryl/α,β-unsaturated/α-hetero) is 1. The topological polar surface area (TPSA) is 72.2 Å². The molecule has 1 N–H and O–H groups in total. The fourth-order valence-corrected chi connectivity index (χ4v) is 2.54. The van der Waals surface area contributed by atoms with Gasteiger partial charge in [-0.1, -0.05) is 20.8 Å². The van der Waals surface area contributed by atoms with Crippen LogP contribution in [0.3, 0.4) is 0 Å². The van der Waals surface area contributed by atoms with Crippen molar-refractivity contribution in [2.45, 2.75) is 52.5 Å². The van der Waals surface area contributed by atoms with Gasteiger partial charge in [-0.2, -0.15) is 0 Å². The van der Waals surface area contributed by atoms with Gasteiger partial charge in [-0.3, -0.25) is 9.59 Å². The summed E-state index contributed by atoms with van der Waals surface area (Å²) in [7, 11) is 0. The maximum absolute atomic E-state index is 11.5. The van der Waals surface area contributed by atoms with E-state index in [0.717, 1.165) is 16.9 Å². The molecule has 1 aromatic carbocycles. The van der Waals surface area contributed by atoms with E-state index in [1.165, 1.54) is 6.92 Å². The molecule has 0 spiro atoms. The molecule has 0 fully saturated rings. The highest BCUT2D eigenvalue weighted by Gasteiger charge is 2.23. The lowest BCUT2D eigenvalue weighted by Gasteiger charge is -2.20. The normalized spacial score (nSPS) is 11.8. The van der Waals surface area contributed by atoms with Crippen molar-refractivity contribution in [2.24, 2.45) is 0 Å². The molecule has 0 aliphatic carbocycles. The second-order valence-electron chi connectivity index (χ2n) is 6.59. The van der Waals surface area contributed by atoms with Crippen LogP contribution in [0.15, 0.2) is 18.2 Å². The molecule has 0 amide bonds. The second-order valence-corrected chi connectivity index (χ2v) is 6.59. The van der Waals surface area contributed by atoms with Gasteiger partial charge in [0.25, 0.3) is 0 Å². The number of rotatable bonds is 5. The standard InChI is InChI=1S/C17H22N2O3/c1-11(20)12-7-8-14-13(10-12)18-16(17(2,3)4)19(14)9-5-6-15(21)22/h7-8,10H,5-6,9H2,1-4H3,(H,21,22). The minimum absolute atomic E-state index is 0.0136. The number of aromatic nitrogens is 2. The maximum Gasteiger partial charge on any atom is 0.303 e. The third-order valence-corrected chi connectivity index (χ3v) is 3.60. The zero-order valence-corrected chi connectivity index (χ0v) is 13.5. The Morgan fingerprint density at radius 2 is 1.95 bits per heavy atom. The van der Waals surface area contributed by atoms with Crippen LogP contribution < -0.4 is 0 Å². The number of hydrogen-bond acceptors (Lipinski definition) is 3. The van der Waals surface area contributed by atoms with Gasteiger partial charge in [-0.15, -0.1) is 0 Å². The largest absolute Gasteiger partial charge is 0.481 e. The smallest absolute Gasteiger partial charge is 0.303 e. The minimum atomic E-state index is -0.791. The van der Waals surface area contributed by atoms with Crippen LogP contribution in [0.1, 0.15) is 56.7 Å². The predicted molar refractivity (Wildman–Crippen MR) is 85.3 cm³/mol. The monoisotopic (exact) mass is 302 g/mol. The molecule has 5 nitrogen and oxygen atoms in total. The van der Waals surface area contributed by atoms with Gasteiger partial charge in [0, 0.05) is 23.9 Å². The zero-order valence-electron chi connectivity index (χ0n) is 13.5. The predicted octanol–water partition coefficient (Wildman–Crippen LogP) is 3.40. The quantitative estimate of drug-likeness (QED) is 0.859.